The Morgan fingerprint density at radius 2 is 1.33 bits per heavy atom. The molecule has 0 spiro atoms. The van der Waals surface area contributed by atoms with E-state index < -0.39 is 8.25 Å². The third kappa shape index (κ3) is 312. The van der Waals surface area contributed by atoms with Crippen LogP contribution in [0.3, 0.4) is 0 Å². The molecule has 0 amide bonds. The van der Waals surface area contributed by atoms with Crippen LogP contribution in [0.4, 0.5) is 0 Å². The van der Waals surface area contributed by atoms with E-state index in [-0.39, 0.29) is 0 Å². The average molecular weight is 146 g/mol. The van der Waals surface area contributed by atoms with Crippen molar-refractivity contribution in [3.8, 4) is 0 Å². The van der Waals surface area contributed by atoms with Gasteiger partial charge in [-0.3, -0.25) is 0 Å². The molecule has 6 heteroatoms. The second-order valence-electron chi connectivity index (χ2n) is 0.224. The molecule has 0 aliphatic carbocycles. The molecular formula is O4PV+. The van der Waals surface area contributed by atoms with Crippen molar-refractivity contribution in [2.75, 3.05) is 0 Å². The number of rotatable bonds is 0. The Labute approximate surface area is 44.3 Å². The Morgan fingerprint density at radius 3 is 1.33 bits per heavy atom. The fourth-order valence-corrected chi connectivity index (χ4v) is 0. The van der Waals surface area contributed by atoms with E-state index in [1.54, 1.807) is 0 Å². The third-order valence-corrected chi connectivity index (χ3v) is 0. The normalized spacial score (nSPS) is 5.33. The van der Waals surface area contributed by atoms with Gasteiger partial charge in [-0.05, 0) is 0 Å². The van der Waals surface area contributed by atoms with Gasteiger partial charge < -0.3 is 9.79 Å². The first-order valence-corrected chi connectivity index (χ1v) is 2.40. The zero-order valence-corrected chi connectivity index (χ0v) is 4.82. The summed E-state index contributed by atoms with van der Waals surface area (Å²) >= 11 is 1.06. The van der Waals surface area contributed by atoms with E-state index in [2.05, 4.69) is 0 Å². The van der Waals surface area contributed by atoms with Crippen LogP contribution in [0.1, 0.15) is 0 Å². The van der Waals surface area contributed by atoms with Crippen LogP contribution in [0.25, 0.3) is 0 Å². The monoisotopic (exact) mass is 146 g/mol. The van der Waals surface area contributed by atoms with Crippen molar-refractivity contribution in [3.05, 3.63) is 0 Å². The van der Waals surface area contributed by atoms with Gasteiger partial charge in [-0.1, -0.05) is 4.57 Å². The third-order valence-electron chi connectivity index (χ3n) is 0. The van der Waals surface area contributed by atoms with E-state index in [9.17, 15) is 0 Å². The predicted octanol–water partition coefficient (Wildman–Crippen LogP) is -1.76. The van der Waals surface area contributed by atoms with Gasteiger partial charge in [0, 0.05) is 0 Å². The summed E-state index contributed by atoms with van der Waals surface area (Å²) in [5, 5.41) is 0. The van der Waals surface area contributed by atoms with Crippen LogP contribution >= 0.6 is 8.25 Å². The van der Waals surface area contributed by atoms with E-state index >= 15 is 0 Å². The van der Waals surface area contributed by atoms with Crippen molar-refractivity contribution in [1.29, 1.82) is 0 Å². The summed E-state index contributed by atoms with van der Waals surface area (Å²) in [6.45, 7) is 0. The van der Waals surface area contributed by atoms with Gasteiger partial charge in [-0.2, -0.15) is 0 Å². The molecule has 0 fully saturated rings. The SMILES string of the molecule is O=[P+]([O-])[O-].[O]=[V+2]. The number of hydrogen-bond donors (Lipinski definition) is 0. The van der Waals surface area contributed by atoms with Gasteiger partial charge in [-0.15, -0.1) is 0 Å². The first-order chi connectivity index (χ1) is 2.73. The quantitative estimate of drug-likeness (QED) is 0.379. The Kier molecular flexibility index (Phi) is 14.5. The average Bonchev–Trinajstić information content (AvgIpc) is 1.41. The standard InChI is InChI=1S/HO3P.O.V/c1-4(2)3;;/h(H,1,2,3);;/q;;+2/p-1. The van der Waals surface area contributed by atoms with Crippen LogP contribution in [0.5, 0.6) is 0 Å². The van der Waals surface area contributed by atoms with Gasteiger partial charge in [-0.25, -0.2) is 0 Å². The summed E-state index contributed by atoms with van der Waals surface area (Å²) in [7, 11) is -3.37. The Morgan fingerprint density at radius 1 is 1.33 bits per heavy atom. The van der Waals surface area contributed by atoms with Crippen LogP contribution in [-0.4, -0.2) is 0 Å². The Balaban J connectivity index is 0. The first kappa shape index (κ1) is 9.64. The van der Waals surface area contributed by atoms with Crippen LogP contribution in [0, 0.1) is 0 Å². The van der Waals surface area contributed by atoms with E-state index in [1.165, 1.54) is 0 Å². The molecule has 0 rings (SSSR count). The molecule has 0 aromatic carbocycles. The maximum atomic E-state index is 8.48. The molecule has 33 valence electrons. The second-order valence-corrected chi connectivity index (χ2v) is 0.671. The zero-order chi connectivity index (χ0) is 5.58. The van der Waals surface area contributed by atoms with E-state index in [1.807, 2.05) is 0 Å². The summed E-state index contributed by atoms with van der Waals surface area (Å²) < 4.78 is 16.7. The molecule has 0 atom stereocenters. The molecule has 0 heterocycles. The summed E-state index contributed by atoms with van der Waals surface area (Å²) in [6.07, 6.45) is 0. The molecule has 0 radical (unpaired) electrons. The van der Waals surface area contributed by atoms with Crippen LogP contribution in [-0.2, 0) is 25.6 Å². The van der Waals surface area contributed by atoms with E-state index in [4.69, 9.17) is 18.0 Å². The van der Waals surface area contributed by atoms with Crippen LogP contribution in [0.2, 0.25) is 0 Å². The molecule has 0 saturated carbocycles. The molecular weight excluding hydrogens is 146 g/mol. The van der Waals surface area contributed by atoms with Gasteiger partial charge >= 0.3 is 21.0 Å². The van der Waals surface area contributed by atoms with Crippen molar-refractivity contribution < 1.29 is 35.4 Å². The van der Waals surface area contributed by atoms with Crippen LogP contribution in [0.15, 0.2) is 0 Å². The van der Waals surface area contributed by atoms with E-state index in [0.29, 0.717) is 0 Å². The molecule has 0 bridgehead atoms. The van der Waals surface area contributed by atoms with E-state index in [0.717, 1.165) is 17.4 Å². The molecule has 0 saturated heterocycles. The van der Waals surface area contributed by atoms with Gasteiger partial charge in [0.15, 0.2) is 0 Å². The fraction of sp³-hybridized carbons (Fsp3) is 0. The van der Waals surface area contributed by atoms with Crippen molar-refractivity contribution >= 4 is 8.25 Å². The summed E-state index contributed by atoms with van der Waals surface area (Å²) in [4.78, 5) is 17.0. The van der Waals surface area contributed by atoms with Gasteiger partial charge in [0.2, 0.25) is 0 Å². The molecule has 0 N–H and O–H groups in total. The Bertz CT molecular complexity index is 38.8. The molecule has 0 aromatic heterocycles. The second kappa shape index (κ2) is 9.05. The molecule has 6 heavy (non-hydrogen) atoms. The summed E-state index contributed by atoms with van der Waals surface area (Å²) in [5.74, 6) is 0. The topological polar surface area (TPSA) is 80.3 Å². The van der Waals surface area contributed by atoms with Crippen molar-refractivity contribution in [2.45, 2.75) is 0 Å². The minimum atomic E-state index is -3.37. The van der Waals surface area contributed by atoms with Crippen molar-refractivity contribution in [1.82, 2.24) is 0 Å². The summed E-state index contributed by atoms with van der Waals surface area (Å²) in [5.41, 5.74) is 0. The van der Waals surface area contributed by atoms with Crippen molar-refractivity contribution in [2.24, 2.45) is 0 Å². The van der Waals surface area contributed by atoms with Gasteiger partial charge in [0.05, 0.1) is 0 Å². The van der Waals surface area contributed by atoms with Crippen LogP contribution < -0.4 is 9.79 Å². The molecule has 0 aliphatic rings. The van der Waals surface area contributed by atoms with Gasteiger partial charge in [0.25, 0.3) is 8.25 Å². The molecule has 0 unspecified atom stereocenters. The molecule has 4 nitrogen and oxygen atoms in total. The zero-order valence-electron chi connectivity index (χ0n) is 2.53. The first-order valence-electron chi connectivity index (χ1n) is 0.730. The van der Waals surface area contributed by atoms with Crippen molar-refractivity contribution in [3.63, 3.8) is 0 Å². The summed E-state index contributed by atoms with van der Waals surface area (Å²) in [6, 6.07) is 0. The minimum absolute atomic E-state index is 1.06. The van der Waals surface area contributed by atoms with Gasteiger partial charge in [0.1, 0.15) is 0 Å². The fourth-order valence-electron chi connectivity index (χ4n) is 0. The number of hydrogen-bond acceptors (Lipinski definition) is 4. The Hall–Kier alpha value is 0.404. The maximum absolute atomic E-state index is 8.48. The predicted molar refractivity (Wildman–Crippen MR) is 8.29 cm³/mol. The molecule has 0 aliphatic heterocycles. The molecule has 0 aromatic rings.